The van der Waals surface area contributed by atoms with Crippen LogP contribution in [-0.4, -0.2) is 29.6 Å². The van der Waals surface area contributed by atoms with E-state index in [-0.39, 0.29) is 18.5 Å². The summed E-state index contributed by atoms with van der Waals surface area (Å²) in [7, 11) is 0. The quantitative estimate of drug-likeness (QED) is 0.125. The van der Waals surface area contributed by atoms with E-state index in [0.717, 1.165) is 29.5 Å². The van der Waals surface area contributed by atoms with Crippen molar-refractivity contribution in [1.82, 2.24) is 16.0 Å². The molecule has 53 heavy (non-hydrogen) atoms. The van der Waals surface area contributed by atoms with Crippen molar-refractivity contribution in [2.75, 3.05) is 0 Å². The molecule has 0 heterocycles. The average molecular weight is 730 g/mol. The summed E-state index contributed by atoms with van der Waals surface area (Å²) in [6, 6.07) is 35.7. The van der Waals surface area contributed by atoms with E-state index >= 15 is 0 Å². The highest BCUT2D eigenvalue weighted by Crippen LogP contribution is 2.39. The van der Waals surface area contributed by atoms with Gasteiger partial charge in [-0.15, -0.1) is 0 Å². The molecule has 5 aromatic carbocycles. The number of hydrogen-bond donors (Lipinski definition) is 3. The third-order valence-corrected chi connectivity index (χ3v) is 9.30. The van der Waals surface area contributed by atoms with E-state index in [9.17, 15) is 14.4 Å². The Kier molecular flexibility index (Phi) is 11.6. The summed E-state index contributed by atoms with van der Waals surface area (Å²) in [6.07, 6.45) is 1.83. The number of amides is 3. The standard InChI is InChI=1S/C44H44ClN3O5/c1-5-38(47-39-23-19-30-15-9-10-17-34(30)39)42(50)48-41(49)36-21-18-31(29-13-7-6-8-14-29)25-37(36)35-22-20-32(45)26-40(35)52-33-16-11-12-28(24-33)27-46-43(51)53-44(2,3)4/h6-18,20-22,24-26,38-39,47H,5,19,23,27H2,1-4H3,(H,46,51)(H,48,49,50)/t38?,39-/m1/s1. The van der Waals surface area contributed by atoms with Crippen LogP contribution >= 0.6 is 11.6 Å². The minimum absolute atomic E-state index is 0.0399. The number of imide groups is 1. The van der Waals surface area contributed by atoms with Crippen molar-refractivity contribution in [1.29, 1.82) is 0 Å². The van der Waals surface area contributed by atoms with Crippen LogP contribution in [0.5, 0.6) is 11.5 Å². The molecule has 272 valence electrons. The Hall–Kier alpha value is -5.44. The van der Waals surface area contributed by atoms with Crippen LogP contribution in [0.4, 0.5) is 4.79 Å². The molecule has 0 saturated carbocycles. The normalized spacial score (nSPS) is 14.2. The van der Waals surface area contributed by atoms with Gasteiger partial charge in [0.15, 0.2) is 0 Å². The number of rotatable bonds is 11. The van der Waals surface area contributed by atoms with Crippen molar-refractivity contribution in [2.45, 2.75) is 71.2 Å². The summed E-state index contributed by atoms with van der Waals surface area (Å²) in [5, 5.41) is 9.40. The Morgan fingerprint density at radius 1 is 0.830 bits per heavy atom. The molecule has 9 heteroatoms. The molecule has 0 bridgehead atoms. The number of halogens is 1. The number of aryl methyl sites for hydroxylation is 1. The van der Waals surface area contributed by atoms with Gasteiger partial charge >= 0.3 is 6.09 Å². The molecule has 1 aliphatic rings. The SMILES string of the molecule is CCC(N[C@@H]1CCc2ccccc21)C(=O)NC(=O)c1ccc(-c2ccccc2)cc1-c1ccc(Cl)cc1Oc1cccc(CNC(=O)OC(C)(C)C)c1. The number of alkyl carbamates (subject to hydrolysis) is 1. The Morgan fingerprint density at radius 2 is 1.60 bits per heavy atom. The molecule has 0 aromatic heterocycles. The van der Waals surface area contributed by atoms with E-state index in [4.69, 9.17) is 21.1 Å². The maximum absolute atomic E-state index is 14.1. The molecule has 1 unspecified atom stereocenters. The average Bonchev–Trinajstić information content (AvgIpc) is 3.55. The van der Waals surface area contributed by atoms with Crippen LogP contribution in [0.2, 0.25) is 5.02 Å². The zero-order valence-electron chi connectivity index (χ0n) is 30.4. The van der Waals surface area contributed by atoms with Gasteiger partial charge < -0.3 is 14.8 Å². The molecule has 0 spiro atoms. The van der Waals surface area contributed by atoms with Crippen molar-refractivity contribution in [3.63, 3.8) is 0 Å². The van der Waals surface area contributed by atoms with Crippen LogP contribution in [0.3, 0.4) is 0 Å². The summed E-state index contributed by atoms with van der Waals surface area (Å²) in [4.78, 5) is 40.0. The van der Waals surface area contributed by atoms with Gasteiger partial charge in [0, 0.05) is 34.8 Å². The zero-order chi connectivity index (χ0) is 37.5. The lowest BCUT2D eigenvalue weighted by Crippen LogP contribution is -2.47. The number of nitrogens with one attached hydrogen (secondary N) is 3. The van der Waals surface area contributed by atoms with E-state index in [1.807, 2.05) is 107 Å². The highest BCUT2D eigenvalue weighted by Gasteiger charge is 2.28. The van der Waals surface area contributed by atoms with Gasteiger partial charge in [0.05, 0.1) is 6.04 Å². The number of carbonyl (C=O) groups excluding carboxylic acids is 3. The van der Waals surface area contributed by atoms with Gasteiger partial charge in [0.25, 0.3) is 5.91 Å². The third kappa shape index (κ3) is 9.52. The molecule has 2 atom stereocenters. The molecule has 1 aliphatic carbocycles. The van der Waals surface area contributed by atoms with Crippen LogP contribution < -0.4 is 20.7 Å². The van der Waals surface area contributed by atoms with Gasteiger partial charge in [0.1, 0.15) is 17.1 Å². The minimum atomic E-state index is -0.615. The van der Waals surface area contributed by atoms with Crippen LogP contribution in [0, 0.1) is 0 Å². The van der Waals surface area contributed by atoms with Crippen molar-refractivity contribution in [3.8, 4) is 33.8 Å². The van der Waals surface area contributed by atoms with E-state index in [0.29, 0.717) is 39.6 Å². The highest BCUT2D eigenvalue weighted by atomic mass is 35.5. The van der Waals surface area contributed by atoms with Crippen LogP contribution in [0.15, 0.2) is 115 Å². The Bertz CT molecular complexity index is 2110. The molecule has 0 aliphatic heterocycles. The van der Waals surface area contributed by atoms with E-state index in [1.54, 1.807) is 24.3 Å². The Balaban J connectivity index is 1.29. The number of hydrogen-bond acceptors (Lipinski definition) is 6. The predicted molar refractivity (Wildman–Crippen MR) is 209 cm³/mol. The van der Waals surface area contributed by atoms with Gasteiger partial charge in [0.2, 0.25) is 5.91 Å². The summed E-state index contributed by atoms with van der Waals surface area (Å²) < 4.78 is 11.8. The van der Waals surface area contributed by atoms with E-state index in [1.165, 1.54) is 11.1 Å². The first-order valence-corrected chi connectivity index (χ1v) is 18.3. The fourth-order valence-electron chi connectivity index (χ4n) is 6.53. The largest absolute Gasteiger partial charge is 0.457 e. The monoisotopic (exact) mass is 729 g/mol. The van der Waals surface area contributed by atoms with Crippen molar-refractivity contribution >= 4 is 29.5 Å². The second kappa shape index (κ2) is 16.5. The molecule has 3 amide bonds. The Labute approximate surface area is 315 Å². The first-order valence-electron chi connectivity index (χ1n) is 17.9. The molecular weight excluding hydrogens is 686 g/mol. The topological polar surface area (TPSA) is 106 Å². The molecular formula is C44H44ClN3O5. The van der Waals surface area contributed by atoms with Crippen molar-refractivity contribution < 1.29 is 23.9 Å². The minimum Gasteiger partial charge on any atom is -0.457 e. The molecule has 5 aromatic rings. The molecule has 3 N–H and O–H groups in total. The fraction of sp³-hybridized carbons (Fsp3) is 0.250. The van der Waals surface area contributed by atoms with E-state index in [2.05, 4.69) is 28.1 Å². The van der Waals surface area contributed by atoms with Gasteiger partial charge in [-0.05, 0) is 110 Å². The molecule has 8 nitrogen and oxygen atoms in total. The van der Waals surface area contributed by atoms with Crippen LogP contribution in [0.25, 0.3) is 22.3 Å². The summed E-state index contributed by atoms with van der Waals surface area (Å²) in [5.74, 6) is 0.00763. The number of ether oxygens (including phenoxy) is 2. The molecule has 0 fully saturated rings. The van der Waals surface area contributed by atoms with Crippen molar-refractivity contribution in [2.24, 2.45) is 0 Å². The van der Waals surface area contributed by atoms with Gasteiger partial charge in [-0.1, -0.05) is 91.3 Å². The zero-order valence-corrected chi connectivity index (χ0v) is 31.1. The maximum atomic E-state index is 14.1. The van der Waals surface area contributed by atoms with Gasteiger partial charge in [-0.25, -0.2) is 4.79 Å². The van der Waals surface area contributed by atoms with E-state index < -0.39 is 23.6 Å². The Morgan fingerprint density at radius 3 is 2.38 bits per heavy atom. The number of fused-ring (bicyclic) bond motifs is 1. The number of carbonyl (C=O) groups is 3. The first-order chi connectivity index (χ1) is 25.5. The molecule has 0 saturated heterocycles. The first kappa shape index (κ1) is 37.3. The predicted octanol–water partition coefficient (Wildman–Crippen LogP) is 9.80. The van der Waals surface area contributed by atoms with Gasteiger partial charge in [-0.2, -0.15) is 0 Å². The summed E-state index contributed by atoms with van der Waals surface area (Å²) in [5.41, 5.74) is 5.98. The lowest BCUT2D eigenvalue weighted by molar-refractivity contribution is -0.122. The lowest BCUT2D eigenvalue weighted by atomic mass is 9.93. The summed E-state index contributed by atoms with van der Waals surface area (Å²) >= 11 is 6.52. The molecule has 0 radical (unpaired) electrons. The summed E-state index contributed by atoms with van der Waals surface area (Å²) in [6.45, 7) is 7.58. The second-order valence-electron chi connectivity index (χ2n) is 14.1. The fourth-order valence-corrected chi connectivity index (χ4v) is 6.69. The molecule has 6 rings (SSSR count). The highest BCUT2D eigenvalue weighted by molar-refractivity contribution is 6.30. The van der Waals surface area contributed by atoms with Gasteiger partial charge in [-0.3, -0.25) is 20.2 Å². The van der Waals surface area contributed by atoms with Crippen LogP contribution in [0.1, 0.15) is 73.6 Å². The van der Waals surface area contributed by atoms with Crippen LogP contribution in [-0.2, 0) is 22.5 Å². The van der Waals surface area contributed by atoms with Crippen molar-refractivity contribution in [3.05, 3.63) is 143 Å². The maximum Gasteiger partial charge on any atom is 0.407 e. The smallest absolute Gasteiger partial charge is 0.407 e. The second-order valence-corrected chi connectivity index (χ2v) is 14.5. The number of benzene rings is 5. The third-order valence-electron chi connectivity index (χ3n) is 9.06. The lowest BCUT2D eigenvalue weighted by Gasteiger charge is -2.22.